The molecule has 1 fully saturated rings. The van der Waals surface area contributed by atoms with Crippen molar-refractivity contribution in [3.05, 3.63) is 0 Å². The van der Waals surface area contributed by atoms with Crippen molar-refractivity contribution in [2.75, 3.05) is 26.2 Å². The van der Waals surface area contributed by atoms with Crippen molar-refractivity contribution < 1.29 is 0 Å². The van der Waals surface area contributed by atoms with Gasteiger partial charge in [-0.15, -0.1) is 0 Å². The molecule has 15 heavy (non-hydrogen) atoms. The van der Waals surface area contributed by atoms with Gasteiger partial charge in [0.2, 0.25) is 0 Å². The van der Waals surface area contributed by atoms with Gasteiger partial charge in [-0.25, -0.2) is 0 Å². The molecule has 0 aromatic carbocycles. The van der Waals surface area contributed by atoms with Gasteiger partial charge in [0.25, 0.3) is 0 Å². The van der Waals surface area contributed by atoms with E-state index in [0.717, 1.165) is 37.4 Å². The Hall–Kier alpha value is -0.0800. The van der Waals surface area contributed by atoms with Gasteiger partial charge in [0.15, 0.2) is 0 Å². The molecule has 0 aromatic heterocycles. The van der Waals surface area contributed by atoms with Crippen molar-refractivity contribution in [1.82, 2.24) is 10.6 Å². The van der Waals surface area contributed by atoms with Crippen molar-refractivity contribution >= 4 is 0 Å². The first-order chi connectivity index (χ1) is 7.20. The Morgan fingerprint density at radius 2 is 1.87 bits per heavy atom. The lowest BCUT2D eigenvalue weighted by molar-refractivity contribution is 0.390. The molecule has 2 atom stereocenters. The Morgan fingerprint density at radius 1 is 1.13 bits per heavy atom. The summed E-state index contributed by atoms with van der Waals surface area (Å²) in [5.41, 5.74) is 0. The monoisotopic (exact) mass is 212 g/mol. The van der Waals surface area contributed by atoms with E-state index in [-0.39, 0.29) is 0 Å². The van der Waals surface area contributed by atoms with E-state index < -0.39 is 0 Å². The molecule has 2 unspecified atom stereocenters. The number of nitrogens with one attached hydrogen (secondary N) is 2. The summed E-state index contributed by atoms with van der Waals surface area (Å²) in [6.45, 7) is 11.5. The van der Waals surface area contributed by atoms with Crippen LogP contribution in [0.1, 0.15) is 40.0 Å². The summed E-state index contributed by atoms with van der Waals surface area (Å²) in [4.78, 5) is 0. The van der Waals surface area contributed by atoms with E-state index in [0.29, 0.717) is 0 Å². The summed E-state index contributed by atoms with van der Waals surface area (Å²) < 4.78 is 0. The lowest BCUT2D eigenvalue weighted by Crippen LogP contribution is -2.32. The van der Waals surface area contributed by atoms with Crippen LogP contribution in [0.25, 0.3) is 0 Å². The number of hydrogen-bond donors (Lipinski definition) is 2. The molecule has 0 bridgehead atoms. The molecular formula is C13H28N2. The topological polar surface area (TPSA) is 24.1 Å². The molecule has 0 saturated heterocycles. The van der Waals surface area contributed by atoms with Crippen LogP contribution in [0.3, 0.4) is 0 Å². The maximum absolute atomic E-state index is 3.57. The Kier molecular flexibility index (Phi) is 6.26. The lowest BCUT2D eigenvalue weighted by Gasteiger charge is -2.16. The van der Waals surface area contributed by atoms with Crippen LogP contribution in [-0.2, 0) is 0 Å². The van der Waals surface area contributed by atoms with Crippen molar-refractivity contribution in [2.24, 2.45) is 17.8 Å². The second kappa shape index (κ2) is 7.24. The zero-order chi connectivity index (χ0) is 11.1. The molecule has 1 rings (SSSR count). The quantitative estimate of drug-likeness (QED) is 0.633. The Labute approximate surface area is 95.2 Å². The van der Waals surface area contributed by atoms with E-state index in [2.05, 4.69) is 31.4 Å². The SMILES string of the molecule is CC(C)CNCCNCC1CCCC1C. The van der Waals surface area contributed by atoms with E-state index in [1.54, 1.807) is 0 Å². The Bertz CT molecular complexity index is 157. The third kappa shape index (κ3) is 5.53. The minimum atomic E-state index is 0.764. The summed E-state index contributed by atoms with van der Waals surface area (Å²) >= 11 is 0. The first-order valence-electron chi connectivity index (χ1n) is 6.61. The van der Waals surface area contributed by atoms with Crippen molar-refractivity contribution in [1.29, 1.82) is 0 Å². The summed E-state index contributed by atoms with van der Waals surface area (Å²) in [7, 11) is 0. The van der Waals surface area contributed by atoms with Gasteiger partial charge in [0.05, 0.1) is 0 Å². The number of rotatable bonds is 7. The zero-order valence-electron chi connectivity index (χ0n) is 10.7. The Balaban J connectivity index is 1.88. The fourth-order valence-corrected chi connectivity index (χ4v) is 2.38. The van der Waals surface area contributed by atoms with E-state index in [9.17, 15) is 0 Å². The van der Waals surface area contributed by atoms with Crippen molar-refractivity contribution in [3.63, 3.8) is 0 Å². The van der Waals surface area contributed by atoms with Crippen LogP contribution in [0, 0.1) is 17.8 Å². The van der Waals surface area contributed by atoms with Crippen molar-refractivity contribution in [2.45, 2.75) is 40.0 Å². The minimum Gasteiger partial charge on any atom is -0.315 e. The van der Waals surface area contributed by atoms with Gasteiger partial charge in [-0.05, 0) is 37.3 Å². The molecule has 0 radical (unpaired) electrons. The summed E-state index contributed by atoms with van der Waals surface area (Å²) in [6, 6.07) is 0. The second-order valence-electron chi connectivity index (χ2n) is 5.47. The fourth-order valence-electron chi connectivity index (χ4n) is 2.38. The van der Waals surface area contributed by atoms with Gasteiger partial charge in [-0.3, -0.25) is 0 Å². The molecule has 0 amide bonds. The lowest BCUT2D eigenvalue weighted by atomic mass is 9.98. The molecule has 0 aliphatic heterocycles. The maximum atomic E-state index is 3.57. The number of hydrogen-bond acceptors (Lipinski definition) is 2. The molecule has 1 aliphatic carbocycles. The molecular weight excluding hydrogens is 184 g/mol. The van der Waals surface area contributed by atoms with Crippen LogP contribution in [0.15, 0.2) is 0 Å². The summed E-state index contributed by atoms with van der Waals surface area (Å²) in [6.07, 6.45) is 4.32. The predicted molar refractivity (Wildman–Crippen MR) is 67.1 cm³/mol. The average molecular weight is 212 g/mol. The molecule has 0 heterocycles. The second-order valence-corrected chi connectivity index (χ2v) is 5.47. The molecule has 2 N–H and O–H groups in total. The molecule has 2 nitrogen and oxygen atoms in total. The first-order valence-corrected chi connectivity index (χ1v) is 6.61. The smallest absolute Gasteiger partial charge is 0.00768 e. The van der Waals surface area contributed by atoms with Crippen LogP contribution in [0.2, 0.25) is 0 Å². The van der Waals surface area contributed by atoms with Gasteiger partial charge in [-0.2, -0.15) is 0 Å². The van der Waals surface area contributed by atoms with Crippen LogP contribution >= 0.6 is 0 Å². The minimum absolute atomic E-state index is 0.764. The van der Waals surface area contributed by atoms with Crippen LogP contribution < -0.4 is 10.6 Å². The van der Waals surface area contributed by atoms with Gasteiger partial charge in [0, 0.05) is 13.1 Å². The Morgan fingerprint density at radius 3 is 2.47 bits per heavy atom. The molecule has 0 aromatic rings. The summed E-state index contributed by atoms with van der Waals surface area (Å²) in [5.74, 6) is 2.65. The molecule has 1 aliphatic rings. The van der Waals surface area contributed by atoms with Crippen molar-refractivity contribution in [3.8, 4) is 0 Å². The highest BCUT2D eigenvalue weighted by Gasteiger charge is 2.22. The largest absolute Gasteiger partial charge is 0.315 e. The van der Waals surface area contributed by atoms with Gasteiger partial charge in [-0.1, -0.05) is 33.6 Å². The average Bonchev–Trinajstić information content (AvgIpc) is 2.57. The highest BCUT2D eigenvalue weighted by molar-refractivity contribution is 4.75. The van der Waals surface area contributed by atoms with Gasteiger partial charge in [0.1, 0.15) is 0 Å². The third-order valence-corrected chi connectivity index (χ3v) is 3.48. The highest BCUT2D eigenvalue weighted by Crippen LogP contribution is 2.30. The molecule has 0 spiro atoms. The normalized spacial score (nSPS) is 26.4. The van der Waals surface area contributed by atoms with Gasteiger partial charge >= 0.3 is 0 Å². The van der Waals surface area contributed by atoms with E-state index >= 15 is 0 Å². The van der Waals surface area contributed by atoms with E-state index in [1.807, 2.05) is 0 Å². The molecule has 2 heteroatoms. The van der Waals surface area contributed by atoms with Crippen LogP contribution in [0.4, 0.5) is 0 Å². The molecule has 90 valence electrons. The fraction of sp³-hybridized carbons (Fsp3) is 1.00. The standard InChI is InChI=1S/C13H28N2/c1-11(2)9-14-7-8-15-10-13-6-4-5-12(13)3/h11-15H,4-10H2,1-3H3. The van der Waals surface area contributed by atoms with Crippen LogP contribution in [0.5, 0.6) is 0 Å². The molecule has 1 saturated carbocycles. The van der Waals surface area contributed by atoms with Crippen LogP contribution in [-0.4, -0.2) is 26.2 Å². The highest BCUT2D eigenvalue weighted by atomic mass is 14.9. The predicted octanol–water partition coefficient (Wildman–Crippen LogP) is 2.26. The van der Waals surface area contributed by atoms with Gasteiger partial charge < -0.3 is 10.6 Å². The zero-order valence-corrected chi connectivity index (χ0v) is 10.7. The summed E-state index contributed by atoms with van der Waals surface area (Å²) in [5, 5.41) is 7.03. The van der Waals surface area contributed by atoms with E-state index in [1.165, 1.54) is 25.8 Å². The van der Waals surface area contributed by atoms with E-state index in [4.69, 9.17) is 0 Å². The maximum Gasteiger partial charge on any atom is 0.00768 e. The third-order valence-electron chi connectivity index (χ3n) is 3.48. The first kappa shape index (κ1) is 13.0.